The summed E-state index contributed by atoms with van der Waals surface area (Å²) in [6.45, 7) is 4.34. The molecule has 0 bridgehead atoms. The van der Waals surface area contributed by atoms with Crippen LogP contribution < -0.4 is 10.6 Å². The van der Waals surface area contributed by atoms with Gasteiger partial charge in [0.2, 0.25) is 0 Å². The summed E-state index contributed by atoms with van der Waals surface area (Å²) in [5, 5.41) is 5.94. The van der Waals surface area contributed by atoms with Gasteiger partial charge in [-0.25, -0.2) is 0 Å². The fourth-order valence-corrected chi connectivity index (χ4v) is 1.55. The number of ether oxygens (including phenoxy) is 2. The van der Waals surface area contributed by atoms with E-state index in [1.165, 1.54) is 0 Å². The van der Waals surface area contributed by atoms with Crippen LogP contribution in [0.25, 0.3) is 0 Å². The van der Waals surface area contributed by atoms with E-state index in [1.807, 2.05) is 37.3 Å². The summed E-state index contributed by atoms with van der Waals surface area (Å²) < 4.78 is 10.5. The Hall–Kier alpha value is -1.43. The average Bonchev–Trinajstić information content (AvgIpc) is 2.43. The summed E-state index contributed by atoms with van der Waals surface area (Å²) in [4.78, 5) is 12.0. The van der Waals surface area contributed by atoms with Gasteiger partial charge in [0.05, 0.1) is 13.2 Å². The van der Waals surface area contributed by atoms with Crippen LogP contribution in [-0.4, -0.2) is 45.4 Å². The smallest absolute Gasteiger partial charge is 0.255 e. The van der Waals surface area contributed by atoms with Crippen LogP contribution in [0.5, 0.6) is 0 Å². The number of para-hydroxylation sites is 1. The number of hydrogen-bond acceptors (Lipinski definition) is 4. The van der Waals surface area contributed by atoms with E-state index in [2.05, 4.69) is 10.6 Å². The van der Waals surface area contributed by atoms with Crippen molar-refractivity contribution >= 4 is 11.6 Å². The summed E-state index contributed by atoms with van der Waals surface area (Å²) >= 11 is 0. The van der Waals surface area contributed by atoms with Gasteiger partial charge in [-0.05, 0) is 18.7 Å². The number of methoxy groups -OCH3 is 1. The van der Waals surface area contributed by atoms with Gasteiger partial charge in [-0.2, -0.15) is 0 Å². The second-order valence-corrected chi connectivity index (χ2v) is 4.02. The average molecular weight is 266 g/mol. The number of nitrogens with one attached hydrogen (secondary N) is 2. The Balaban J connectivity index is 2.43. The maximum absolute atomic E-state index is 12.0. The van der Waals surface area contributed by atoms with Crippen LogP contribution in [0.4, 0.5) is 5.69 Å². The number of anilines is 1. The summed E-state index contributed by atoms with van der Waals surface area (Å²) in [5.74, 6) is -0.190. The largest absolute Gasteiger partial charge is 0.381 e. The van der Waals surface area contributed by atoms with Crippen molar-refractivity contribution in [3.05, 3.63) is 30.3 Å². The standard InChI is InChI=1S/C14H22N2O3/c1-3-15-9-10-19-13(11-18-2)14(17)16-12-7-5-4-6-8-12/h4-8,13,15H,3,9-11H2,1-2H3,(H,16,17). The number of amides is 1. The normalized spacial score (nSPS) is 12.1. The lowest BCUT2D eigenvalue weighted by Gasteiger charge is -2.17. The van der Waals surface area contributed by atoms with Gasteiger partial charge in [-0.1, -0.05) is 25.1 Å². The van der Waals surface area contributed by atoms with Crippen molar-refractivity contribution in [3.8, 4) is 0 Å². The summed E-state index contributed by atoms with van der Waals surface area (Å²) in [6.07, 6.45) is -0.594. The molecule has 0 aliphatic carbocycles. The number of benzene rings is 1. The molecule has 5 heteroatoms. The minimum Gasteiger partial charge on any atom is -0.381 e. The first kappa shape index (κ1) is 15.6. The zero-order valence-corrected chi connectivity index (χ0v) is 11.5. The maximum atomic E-state index is 12.0. The van der Waals surface area contributed by atoms with E-state index in [0.717, 1.165) is 18.8 Å². The highest BCUT2D eigenvalue weighted by atomic mass is 16.5. The molecule has 106 valence electrons. The number of carbonyl (C=O) groups excluding carboxylic acids is 1. The fourth-order valence-electron chi connectivity index (χ4n) is 1.55. The Kier molecular flexibility index (Phi) is 7.81. The van der Waals surface area contributed by atoms with Crippen LogP contribution >= 0.6 is 0 Å². The third-order valence-corrected chi connectivity index (χ3v) is 2.50. The molecule has 2 N–H and O–H groups in total. The Morgan fingerprint density at radius 2 is 2.05 bits per heavy atom. The number of rotatable bonds is 9. The van der Waals surface area contributed by atoms with E-state index in [9.17, 15) is 4.79 Å². The first-order chi connectivity index (χ1) is 9.27. The lowest BCUT2D eigenvalue weighted by molar-refractivity contribution is -0.130. The number of likely N-dealkylation sites (N-methyl/N-ethyl adjacent to an activating group) is 1. The van der Waals surface area contributed by atoms with Gasteiger partial charge in [-0.15, -0.1) is 0 Å². The molecule has 1 unspecified atom stereocenters. The van der Waals surface area contributed by atoms with E-state index < -0.39 is 6.10 Å². The Morgan fingerprint density at radius 3 is 2.68 bits per heavy atom. The Morgan fingerprint density at radius 1 is 1.32 bits per heavy atom. The maximum Gasteiger partial charge on any atom is 0.255 e. The molecule has 19 heavy (non-hydrogen) atoms. The van der Waals surface area contributed by atoms with Gasteiger partial charge >= 0.3 is 0 Å². The van der Waals surface area contributed by atoms with E-state index in [4.69, 9.17) is 9.47 Å². The number of hydrogen-bond donors (Lipinski definition) is 2. The molecule has 5 nitrogen and oxygen atoms in total. The van der Waals surface area contributed by atoms with Crippen LogP contribution in [0.1, 0.15) is 6.92 Å². The molecule has 1 rings (SSSR count). The van der Waals surface area contributed by atoms with Crippen molar-refractivity contribution in [3.63, 3.8) is 0 Å². The molecule has 0 spiro atoms. The van der Waals surface area contributed by atoms with Gasteiger partial charge in [0, 0.05) is 19.3 Å². The van der Waals surface area contributed by atoms with Crippen LogP contribution in [0.3, 0.4) is 0 Å². The third kappa shape index (κ3) is 6.33. The van der Waals surface area contributed by atoms with Crippen molar-refractivity contribution in [2.45, 2.75) is 13.0 Å². The van der Waals surface area contributed by atoms with Gasteiger partial charge in [0.25, 0.3) is 5.91 Å². The van der Waals surface area contributed by atoms with Crippen molar-refractivity contribution < 1.29 is 14.3 Å². The molecule has 0 saturated carbocycles. The minimum atomic E-state index is -0.594. The van der Waals surface area contributed by atoms with Crippen molar-refractivity contribution in [1.29, 1.82) is 0 Å². The molecule has 0 aromatic heterocycles. The zero-order valence-electron chi connectivity index (χ0n) is 11.5. The Labute approximate surface area is 114 Å². The minimum absolute atomic E-state index is 0.190. The molecule has 0 aliphatic heterocycles. The van der Waals surface area contributed by atoms with E-state index in [0.29, 0.717) is 6.61 Å². The highest BCUT2D eigenvalue weighted by Gasteiger charge is 2.18. The Bertz CT molecular complexity index is 357. The molecule has 0 aliphatic rings. The lowest BCUT2D eigenvalue weighted by Crippen LogP contribution is -2.36. The lowest BCUT2D eigenvalue weighted by atomic mass is 10.3. The van der Waals surface area contributed by atoms with E-state index >= 15 is 0 Å². The summed E-state index contributed by atoms with van der Waals surface area (Å²) in [6, 6.07) is 9.30. The van der Waals surface area contributed by atoms with Crippen molar-refractivity contribution in [1.82, 2.24) is 5.32 Å². The third-order valence-electron chi connectivity index (χ3n) is 2.50. The molecule has 0 saturated heterocycles. The summed E-state index contributed by atoms with van der Waals surface area (Å²) in [7, 11) is 1.55. The molecule has 1 aromatic carbocycles. The second-order valence-electron chi connectivity index (χ2n) is 4.02. The molecule has 0 fully saturated rings. The molecule has 1 aromatic rings. The molecular formula is C14H22N2O3. The van der Waals surface area contributed by atoms with Gasteiger partial charge in [0.1, 0.15) is 0 Å². The van der Waals surface area contributed by atoms with Crippen molar-refractivity contribution in [2.24, 2.45) is 0 Å². The van der Waals surface area contributed by atoms with Gasteiger partial charge < -0.3 is 20.1 Å². The highest BCUT2D eigenvalue weighted by molar-refractivity contribution is 5.94. The molecule has 0 radical (unpaired) electrons. The first-order valence-corrected chi connectivity index (χ1v) is 6.45. The van der Waals surface area contributed by atoms with Gasteiger partial charge in [0.15, 0.2) is 6.10 Å². The van der Waals surface area contributed by atoms with Crippen LogP contribution in [0.15, 0.2) is 30.3 Å². The topological polar surface area (TPSA) is 59.6 Å². The molecule has 1 amide bonds. The molecule has 0 heterocycles. The SMILES string of the molecule is CCNCCOC(COC)C(=O)Nc1ccccc1. The summed E-state index contributed by atoms with van der Waals surface area (Å²) in [5.41, 5.74) is 0.754. The molecule has 1 atom stereocenters. The van der Waals surface area contributed by atoms with Crippen molar-refractivity contribution in [2.75, 3.05) is 38.7 Å². The van der Waals surface area contributed by atoms with Gasteiger partial charge in [-0.3, -0.25) is 4.79 Å². The van der Waals surface area contributed by atoms with Crippen LogP contribution in [0, 0.1) is 0 Å². The highest BCUT2D eigenvalue weighted by Crippen LogP contribution is 2.06. The fraction of sp³-hybridized carbons (Fsp3) is 0.500. The second kappa shape index (κ2) is 9.49. The number of carbonyl (C=O) groups is 1. The first-order valence-electron chi connectivity index (χ1n) is 6.45. The van der Waals surface area contributed by atoms with E-state index in [1.54, 1.807) is 7.11 Å². The van der Waals surface area contributed by atoms with E-state index in [-0.39, 0.29) is 12.5 Å². The van der Waals surface area contributed by atoms with Crippen LogP contribution in [0.2, 0.25) is 0 Å². The van der Waals surface area contributed by atoms with Crippen LogP contribution in [-0.2, 0) is 14.3 Å². The zero-order chi connectivity index (χ0) is 13.9. The molecular weight excluding hydrogens is 244 g/mol. The predicted molar refractivity (Wildman–Crippen MR) is 75.2 cm³/mol. The predicted octanol–water partition coefficient (Wildman–Crippen LogP) is 1.27. The quantitative estimate of drug-likeness (QED) is 0.661. The monoisotopic (exact) mass is 266 g/mol.